The van der Waals surface area contributed by atoms with Gasteiger partial charge in [-0.2, -0.15) is 11.8 Å². The summed E-state index contributed by atoms with van der Waals surface area (Å²) in [6.45, 7) is 0.661. The van der Waals surface area contributed by atoms with E-state index in [2.05, 4.69) is 20.9 Å². The second kappa shape index (κ2) is 16.1. The lowest BCUT2D eigenvalue weighted by molar-refractivity contribution is -0.142. The number of thioether (sulfide) groups is 1. The predicted molar refractivity (Wildman–Crippen MR) is 123 cm³/mol. The summed E-state index contributed by atoms with van der Waals surface area (Å²) >= 11 is 1.39. The smallest absolute Gasteiger partial charge is 0.326 e. The Morgan fingerprint density at radius 1 is 1.00 bits per heavy atom. The van der Waals surface area contributed by atoms with Crippen LogP contribution in [0.2, 0.25) is 0 Å². The number of nitrogens with one attached hydrogen (secondary N) is 3. The number of aliphatic carboxylic acids is 1. The molecule has 0 aromatic carbocycles. The fourth-order valence-corrected chi connectivity index (χ4v) is 3.01. The number of guanidine groups is 1. The van der Waals surface area contributed by atoms with Crippen molar-refractivity contribution in [2.75, 3.05) is 25.2 Å². The quantitative estimate of drug-likeness (QED) is 0.0569. The maximum Gasteiger partial charge on any atom is 0.326 e. The van der Waals surface area contributed by atoms with Gasteiger partial charge in [-0.3, -0.25) is 19.4 Å². The Hall–Kier alpha value is -2.62. The van der Waals surface area contributed by atoms with Crippen LogP contribution in [0.15, 0.2) is 4.99 Å². The molecule has 12 N–H and O–H groups in total. The fourth-order valence-electron chi connectivity index (χ4n) is 2.54. The van der Waals surface area contributed by atoms with E-state index >= 15 is 0 Å². The fraction of sp³-hybridized carbons (Fsp3) is 0.722. The molecule has 5 atom stereocenters. The van der Waals surface area contributed by atoms with Gasteiger partial charge in [0.2, 0.25) is 17.7 Å². The highest BCUT2D eigenvalue weighted by Gasteiger charge is 2.32. The van der Waals surface area contributed by atoms with Gasteiger partial charge in [-0.15, -0.1) is 0 Å². The molecule has 0 fully saturated rings. The molecule has 190 valence electrons. The van der Waals surface area contributed by atoms with Gasteiger partial charge in [0.1, 0.15) is 18.1 Å². The summed E-state index contributed by atoms with van der Waals surface area (Å²) in [7, 11) is 0. The first-order chi connectivity index (χ1) is 15.4. The molecule has 0 aliphatic carbocycles. The summed E-state index contributed by atoms with van der Waals surface area (Å²) in [6, 6.07) is -5.20. The van der Waals surface area contributed by atoms with Gasteiger partial charge >= 0.3 is 5.97 Å². The number of aliphatic hydroxyl groups is 2. The summed E-state index contributed by atoms with van der Waals surface area (Å²) in [5.41, 5.74) is 16.2. The second-order valence-corrected chi connectivity index (χ2v) is 8.19. The molecule has 0 bridgehead atoms. The van der Waals surface area contributed by atoms with E-state index in [1.54, 1.807) is 6.26 Å². The maximum atomic E-state index is 12.6. The van der Waals surface area contributed by atoms with E-state index in [9.17, 15) is 34.5 Å². The van der Waals surface area contributed by atoms with Crippen LogP contribution in [0.1, 0.15) is 26.2 Å². The number of aliphatic hydroxyl groups excluding tert-OH is 2. The van der Waals surface area contributed by atoms with Crippen LogP contribution in [-0.4, -0.2) is 100 Å². The molecule has 0 radical (unpaired) electrons. The normalized spacial score (nSPS) is 15.3. The molecule has 15 heteroatoms. The van der Waals surface area contributed by atoms with Crippen molar-refractivity contribution in [2.45, 2.75) is 56.5 Å². The van der Waals surface area contributed by atoms with Gasteiger partial charge in [-0.25, -0.2) is 4.79 Å². The zero-order chi connectivity index (χ0) is 25.6. The Kier molecular flexibility index (Phi) is 14.8. The van der Waals surface area contributed by atoms with Crippen molar-refractivity contribution in [2.24, 2.45) is 22.2 Å². The SMILES string of the molecule is CSCCC(NC(=O)C(CO)NC(=O)C(NC(=O)C(N)CCCN=C(N)N)C(C)O)C(=O)O. The van der Waals surface area contributed by atoms with Crippen molar-refractivity contribution in [1.29, 1.82) is 0 Å². The molecule has 0 saturated carbocycles. The number of amides is 3. The number of aliphatic imine (C=N–C) groups is 1. The van der Waals surface area contributed by atoms with Crippen LogP contribution in [0.25, 0.3) is 0 Å². The van der Waals surface area contributed by atoms with Gasteiger partial charge in [0, 0.05) is 6.54 Å². The molecule has 0 saturated heterocycles. The number of carbonyl (C=O) groups excluding carboxylic acids is 3. The van der Waals surface area contributed by atoms with Crippen LogP contribution in [-0.2, 0) is 19.2 Å². The molecular weight excluding hydrogens is 458 g/mol. The molecular formula is C18H35N7O7S. The number of carboxylic acids is 1. The molecule has 0 spiro atoms. The van der Waals surface area contributed by atoms with Gasteiger partial charge in [0.05, 0.1) is 18.8 Å². The average Bonchev–Trinajstić information content (AvgIpc) is 2.74. The molecule has 5 unspecified atom stereocenters. The Morgan fingerprint density at radius 2 is 1.61 bits per heavy atom. The van der Waals surface area contributed by atoms with Crippen molar-refractivity contribution in [3.05, 3.63) is 0 Å². The van der Waals surface area contributed by atoms with E-state index in [1.807, 2.05) is 0 Å². The van der Waals surface area contributed by atoms with Crippen molar-refractivity contribution >= 4 is 41.4 Å². The summed E-state index contributed by atoms with van der Waals surface area (Å²) in [5, 5.41) is 35.4. The number of hydrogen-bond acceptors (Lipinski definition) is 9. The van der Waals surface area contributed by atoms with E-state index in [-0.39, 0.29) is 25.3 Å². The number of carbonyl (C=O) groups is 4. The zero-order valence-electron chi connectivity index (χ0n) is 18.7. The van der Waals surface area contributed by atoms with E-state index in [1.165, 1.54) is 18.7 Å². The molecule has 0 heterocycles. The molecule has 14 nitrogen and oxygen atoms in total. The van der Waals surface area contributed by atoms with Gasteiger partial charge in [0.25, 0.3) is 0 Å². The Bertz CT molecular complexity index is 689. The van der Waals surface area contributed by atoms with Crippen molar-refractivity contribution < 1.29 is 34.5 Å². The third-order valence-electron chi connectivity index (χ3n) is 4.41. The van der Waals surface area contributed by atoms with Crippen LogP contribution in [0.5, 0.6) is 0 Å². The first kappa shape index (κ1) is 30.4. The van der Waals surface area contributed by atoms with Gasteiger partial charge < -0.3 is 48.5 Å². The minimum absolute atomic E-state index is 0.0970. The number of rotatable bonds is 16. The summed E-state index contributed by atoms with van der Waals surface area (Å²) < 4.78 is 0. The maximum absolute atomic E-state index is 12.6. The highest BCUT2D eigenvalue weighted by molar-refractivity contribution is 7.98. The van der Waals surface area contributed by atoms with Crippen LogP contribution >= 0.6 is 11.8 Å². The molecule has 0 aromatic heterocycles. The van der Waals surface area contributed by atoms with Crippen LogP contribution in [0, 0.1) is 0 Å². The zero-order valence-corrected chi connectivity index (χ0v) is 19.5. The number of nitrogens with two attached hydrogens (primary N) is 3. The highest BCUT2D eigenvalue weighted by Crippen LogP contribution is 2.03. The molecule has 0 aromatic rings. The van der Waals surface area contributed by atoms with Crippen molar-refractivity contribution in [3.63, 3.8) is 0 Å². The minimum Gasteiger partial charge on any atom is -0.480 e. The highest BCUT2D eigenvalue weighted by atomic mass is 32.2. The van der Waals surface area contributed by atoms with E-state index in [0.717, 1.165) is 0 Å². The van der Waals surface area contributed by atoms with Crippen LogP contribution < -0.4 is 33.2 Å². The molecule has 33 heavy (non-hydrogen) atoms. The van der Waals surface area contributed by atoms with Crippen molar-refractivity contribution in [3.8, 4) is 0 Å². The number of carboxylic acid groups (broad SMARTS) is 1. The third kappa shape index (κ3) is 12.3. The Balaban J connectivity index is 5.03. The van der Waals surface area contributed by atoms with Crippen LogP contribution in [0.3, 0.4) is 0 Å². The third-order valence-corrected chi connectivity index (χ3v) is 5.05. The number of hydrogen-bond donors (Lipinski definition) is 9. The van der Waals surface area contributed by atoms with E-state index in [0.29, 0.717) is 12.2 Å². The molecule has 0 aliphatic heterocycles. The monoisotopic (exact) mass is 493 g/mol. The first-order valence-corrected chi connectivity index (χ1v) is 11.6. The predicted octanol–water partition coefficient (Wildman–Crippen LogP) is -3.97. The summed E-state index contributed by atoms with van der Waals surface area (Å²) in [5.74, 6) is -3.50. The van der Waals surface area contributed by atoms with Crippen molar-refractivity contribution in [1.82, 2.24) is 16.0 Å². The largest absolute Gasteiger partial charge is 0.480 e. The molecule has 0 rings (SSSR count). The minimum atomic E-state index is -1.50. The molecule has 0 aliphatic rings. The van der Waals surface area contributed by atoms with E-state index in [4.69, 9.17) is 17.2 Å². The average molecular weight is 494 g/mol. The summed E-state index contributed by atoms with van der Waals surface area (Å²) in [6.07, 6.45) is 1.15. The summed E-state index contributed by atoms with van der Waals surface area (Å²) in [4.78, 5) is 52.3. The Morgan fingerprint density at radius 3 is 2.09 bits per heavy atom. The number of nitrogens with zero attached hydrogens (tertiary/aromatic N) is 1. The lowest BCUT2D eigenvalue weighted by atomic mass is 10.1. The van der Waals surface area contributed by atoms with E-state index < -0.39 is 60.6 Å². The topological polar surface area (TPSA) is 255 Å². The second-order valence-electron chi connectivity index (χ2n) is 7.21. The lowest BCUT2D eigenvalue weighted by Crippen LogP contribution is -2.60. The van der Waals surface area contributed by atoms with Gasteiger partial charge in [0.15, 0.2) is 5.96 Å². The standard InChI is InChI=1S/C18H35N7O7S/c1-9(27)13(25-14(28)10(19)4-3-6-22-18(20)21)16(30)24-12(8-26)15(29)23-11(17(31)32)5-7-33-2/h9-13,26-27H,3-8,19H2,1-2H3,(H,23,29)(H,24,30)(H,25,28)(H,31,32)(H4,20,21,22). The van der Waals surface area contributed by atoms with Gasteiger partial charge in [-0.1, -0.05) is 0 Å². The van der Waals surface area contributed by atoms with Gasteiger partial charge in [-0.05, 0) is 38.2 Å². The Labute approximate surface area is 196 Å². The first-order valence-electron chi connectivity index (χ1n) is 10.2. The molecule has 3 amide bonds. The lowest BCUT2D eigenvalue weighted by Gasteiger charge is -2.25. The van der Waals surface area contributed by atoms with Crippen LogP contribution in [0.4, 0.5) is 0 Å².